The van der Waals surface area contributed by atoms with Crippen LogP contribution in [0.4, 0.5) is 0 Å². The van der Waals surface area contributed by atoms with Crippen LogP contribution in [0, 0.1) is 16.7 Å². The van der Waals surface area contributed by atoms with Crippen LogP contribution in [-0.4, -0.2) is 182 Å². The van der Waals surface area contributed by atoms with Crippen LogP contribution in [0.1, 0.15) is 128 Å². The van der Waals surface area contributed by atoms with E-state index in [0.29, 0.717) is 115 Å². The number of amides is 4. The first-order valence-corrected chi connectivity index (χ1v) is 29.1. The fourth-order valence-corrected chi connectivity index (χ4v) is 11.6. The lowest BCUT2D eigenvalue weighted by molar-refractivity contribution is -0.148. The number of carbonyl (C=O) groups excluding carboxylic acids is 4. The Kier molecular flexibility index (Phi) is 28.7. The van der Waals surface area contributed by atoms with E-state index in [2.05, 4.69) is 90.6 Å². The largest absolute Gasteiger partial charge is 0.377 e. The maximum absolute atomic E-state index is 15.1. The third-order valence-electron chi connectivity index (χ3n) is 14.0. The van der Waals surface area contributed by atoms with E-state index in [9.17, 15) is 19.6 Å². The molecule has 0 radical (unpaired) electrons. The van der Waals surface area contributed by atoms with Crippen molar-refractivity contribution in [2.75, 3.05) is 85.7 Å². The van der Waals surface area contributed by atoms with Gasteiger partial charge in [-0.3, -0.25) is 33.2 Å². The smallest absolute Gasteiger partial charge is 0.259 e. The Morgan fingerprint density at radius 3 is 1.31 bits per heavy atom. The number of aryl methyl sites for hydroxylation is 3. The lowest BCUT2D eigenvalue weighted by Gasteiger charge is -2.54. The summed E-state index contributed by atoms with van der Waals surface area (Å²) in [5.41, 5.74) is -0.240. The van der Waals surface area contributed by atoms with E-state index in [1.54, 1.807) is 53.8 Å². The molecule has 6 rings (SSSR count). The Hall–Kier alpha value is -5.14. The quantitative estimate of drug-likeness (QED) is 0.0467. The predicted octanol–water partition coefficient (Wildman–Crippen LogP) is 3.00. The first kappa shape index (κ1) is 65.7. The molecule has 3 aromatic heterocycles. The number of nitrogens with one attached hydrogen (secondary N) is 4. The number of nitrogens with zero attached hydrogens (tertiary/aromatic N) is 11. The lowest BCUT2D eigenvalue weighted by atomic mass is 9.58. The fraction of sp³-hybridized carbons (Fsp3) is 0.788. The molecule has 0 aromatic carbocycles. The van der Waals surface area contributed by atoms with Gasteiger partial charge in [-0.25, -0.2) is 4.67 Å². The van der Waals surface area contributed by atoms with Crippen molar-refractivity contribution in [2.24, 2.45) is 26.6 Å². The molecule has 3 saturated carbocycles. The van der Waals surface area contributed by atoms with E-state index >= 15 is 4.79 Å². The van der Waals surface area contributed by atoms with Crippen molar-refractivity contribution in [3.05, 3.63) is 35.7 Å². The van der Waals surface area contributed by atoms with E-state index in [0.717, 1.165) is 0 Å². The monoisotopic (exact) mass is 1150 g/mol. The average Bonchev–Trinajstić information content (AvgIpc) is 4.23. The van der Waals surface area contributed by atoms with Gasteiger partial charge in [-0.2, -0.15) is 5.26 Å². The van der Waals surface area contributed by atoms with Crippen LogP contribution >= 0.6 is 8.53 Å². The summed E-state index contributed by atoms with van der Waals surface area (Å²) in [4.78, 5) is 55.9. The number of hydrogen-bond donors (Lipinski definition) is 4. The topological polar surface area (TPSA) is 309 Å². The van der Waals surface area contributed by atoms with Crippen LogP contribution in [0.2, 0.25) is 0 Å². The molecule has 3 heterocycles. The van der Waals surface area contributed by atoms with E-state index in [4.69, 9.17) is 37.5 Å². The number of rotatable bonds is 43. The zero-order valence-electron chi connectivity index (χ0n) is 48.2. The summed E-state index contributed by atoms with van der Waals surface area (Å²) < 4.78 is 54.3. The molecule has 4 amide bonds. The second-order valence-electron chi connectivity index (χ2n) is 21.0. The third-order valence-corrected chi connectivity index (χ3v) is 16.2. The molecule has 0 saturated heterocycles. The maximum atomic E-state index is 15.1. The van der Waals surface area contributed by atoms with Gasteiger partial charge in [0.25, 0.3) is 8.53 Å². The second kappa shape index (κ2) is 35.0. The molecule has 2 bridgehead atoms. The van der Waals surface area contributed by atoms with Crippen molar-refractivity contribution in [3.8, 4) is 6.07 Å². The van der Waals surface area contributed by atoms with Crippen molar-refractivity contribution in [1.82, 2.24) is 70.9 Å². The van der Waals surface area contributed by atoms with E-state index < -0.39 is 25.1 Å². The Morgan fingerprint density at radius 2 is 0.975 bits per heavy atom. The molecule has 0 spiro atoms. The third kappa shape index (κ3) is 23.4. The van der Waals surface area contributed by atoms with Gasteiger partial charge in [0, 0.05) is 83.1 Å². The molecule has 3 aromatic rings. The molecule has 3 aliphatic rings. The van der Waals surface area contributed by atoms with Crippen LogP contribution in [0.3, 0.4) is 0 Å². The van der Waals surface area contributed by atoms with Crippen LogP contribution in [0.25, 0.3) is 0 Å². The molecule has 1 atom stereocenters. The van der Waals surface area contributed by atoms with Gasteiger partial charge in [-0.1, -0.05) is 15.6 Å². The van der Waals surface area contributed by atoms with Crippen molar-refractivity contribution >= 4 is 32.2 Å². The standard InChI is InChI=1S/C52H88N15O12P/c1-41(2)67(42(3)4)80(78-25-8-21-53)79-52-18-15-50(16-19-52,17-20-52)49(71)57-51(12-9-46(68)54-22-26-72-29-32-75-38-43-35-64(5)61-58-43,13-10-47(69)55-23-27-73-30-33-76-39-44-36-65(6)62-59-44)14-11-48(70)56-24-28-74-31-34-77-40-45-37-66(7)63-60-45/h35-37,41-42H,8-20,22-34,38-40H2,1-7H3,(H,54,68)(H,55,69)(H,56,70)(H,57,71). The molecule has 1 unspecified atom stereocenters. The minimum absolute atomic E-state index is 0.00571. The first-order valence-electron chi connectivity index (χ1n) is 28.0. The van der Waals surface area contributed by atoms with Crippen LogP contribution < -0.4 is 21.3 Å². The van der Waals surface area contributed by atoms with Crippen LogP contribution in [0.5, 0.6) is 0 Å². The molecule has 3 aliphatic carbocycles. The molecule has 0 aliphatic heterocycles. The summed E-state index contributed by atoms with van der Waals surface area (Å²) in [5, 5.41) is 45.2. The molecule has 448 valence electrons. The van der Waals surface area contributed by atoms with Crippen LogP contribution in [0.15, 0.2) is 18.6 Å². The number of carbonyl (C=O) groups is 4. The molecule has 4 N–H and O–H groups in total. The Bertz CT molecular complexity index is 2140. The highest BCUT2D eigenvalue weighted by atomic mass is 31.2. The Morgan fingerprint density at radius 1 is 0.600 bits per heavy atom. The SMILES string of the molecule is CC(C)N(C(C)C)P(OCCC#N)OC12CCC(C(=O)NC(CCC(=O)NCCOCCOCc3cn(C)nn3)(CCC(=O)NCCOCCOCc3cn(C)nn3)CCC(=O)NCCOCCOCc3cn(C)nn3)(CC1)CC2. The van der Waals surface area contributed by atoms with Crippen molar-refractivity contribution in [1.29, 1.82) is 5.26 Å². The average molecular weight is 1150 g/mol. The van der Waals surface area contributed by atoms with Gasteiger partial charge in [0.2, 0.25) is 23.6 Å². The predicted molar refractivity (Wildman–Crippen MR) is 291 cm³/mol. The van der Waals surface area contributed by atoms with E-state index in [1.807, 2.05) is 0 Å². The zero-order chi connectivity index (χ0) is 57.6. The summed E-state index contributed by atoms with van der Waals surface area (Å²) in [6, 6.07) is 2.44. The summed E-state index contributed by atoms with van der Waals surface area (Å²) in [7, 11) is 3.85. The highest BCUT2D eigenvalue weighted by molar-refractivity contribution is 7.44. The van der Waals surface area contributed by atoms with Gasteiger partial charge >= 0.3 is 0 Å². The molecule has 28 heteroatoms. The summed E-state index contributed by atoms with van der Waals surface area (Å²) in [6.45, 7) is 13.0. The number of hydrogen-bond acceptors (Lipinski definition) is 20. The summed E-state index contributed by atoms with van der Waals surface area (Å²) in [5.74, 6) is -0.963. The van der Waals surface area contributed by atoms with Gasteiger partial charge in [0.1, 0.15) is 17.1 Å². The van der Waals surface area contributed by atoms with E-state index in [1.165, 1.54) is 0 Å². The molecule has 3 fully saturated rings. The van der Waals surface area contributed by atoms with Gasteiger partial charge in [0.15, 0.2) is 0 Å². The molecular formula is C52H88N15O12P. The lowest BCUT2D eigenvalue weighted by Crippen LogP contribution is -2.59. The summed E-state index contributed by atoms with van der Waals surface area (Å²) in [6.07, 6.45) is 9.63. The number of aromatic nitrogens is 9. The van der Waals surface area contributed by atoms with Crippen molar-refractivity contribution in [2.45, 2.75) is 154 Å². The normalized spacial score (nSPS) is 17.5. The van der Waals surface area contributed by atoms with Crippen molar-refractivity contribution in [3.63, 3.8) is 0 Å². The molecule has 27 nitrogen and oxygen atoms in total. The minimum Gasteiger partial charge on any atom is -0.377 e. The number of fused-ring (bicyclic) bond motifs is 3. The van der Waals surface area contributed by atoms with Gasteiger partial charge in [-0.15, -0.1) is 15.3 Å². The minimum atomic E-state index is -1.49. The van der Waals surface area contributed by atoms with Gasteiger partial charge < -0.3 is 58.7 Å². The molecular weight excluding hydrogens is 1060 g/mol. The zero-order valence-corrected chi connectivity index (χ0v) is 49.1. The van der Waals surface area contributed by atoms with E-state index in [-0.39, 0.29) is 127 Å². The highest BCUT2D eigenvalue weighted by Crippen LogP contribution is 2.60. The van der Waals surface area contributed by atoms with Gasteiger partial charge in [-0.05, 0) is 85.5 Å². The fourth-order valence-electron chi connectivity index (χ4n) is 9.70. The molecule has 80 heavy (non-hydrogen) atoms. The highest BCUT2D eigenvalue weighted by Gasteiger charge is 2.55. The number of nitriles is 1. The first-order chi connectivity index (χ1) is 38.5. The Labute approximate surface area is 471 Å². The van der Waals surface area contributed by atoms with Gasteiger partial charge in [0.05, 0.1) is 123 Å². The van der Waals surface area contributed by atoms with Crippen molar-refractivity contribution < 1.29 is 56.6 Å². The summed E-state index contributed by atoms with van der Waals surface area (Å²) >= 11 is 0. The Balaban J connectivity index is 1.22. The number of ether oxygens (including phenoxy) is 6. The second-order valence-corrected chi connectivity index (χ2v) is 22.4. The van der Waals surface area contributed by atoms with Crippen LogP contribution in [-0.2, 0) is 97.6 Å². The maximum Gasteiger partial charge on any atom is 0.259 e.